The number of hydrogen-bond donors (Lipinski definition) is 5. The van der Waals surface area contributed by atoms with Crippen LogP contribution in [0.2, 0.25) is 0 Å². The van der Waals surface area contributed by atoms with Crippen LogP contribution >= 0.6 is 22.6 Å². The lowest BCUT2D eigenvalue weighted by Gasteiger charge is -2.37. The lowest BCUT2D eigenvalue weighted by atomic mass is 9.82. The van der Waals surface area contributed by atoms with Crippen LogP contribution < -0.4 is 5.73 Å². The molecule has 2 aliphatic heterocycles. The van der Waals surface area contributed by atoms with Crippen LogP contribution in [-0.2, 0) is 32.4 Å². The summed E-state index contributed by atoms with van der Waals surface area (Å²) in [4.78, 5) is 83.1. The SMILES string of the molecule is Nc1ncnc2c1ncn2[C@@H]1O[C@H](COP(=O)(O)CP(=O)(O)CP(=O)(O)O)[C@H]2OC3(O[C@H]21)C([N+](=O)[O-])CC([N+](=O)[O-])CC3[N+](=O)[O-]. The van der Waals surface area contributed by atoms with Crippen molar-refractivity contribution in [2.75, 3.05) is 24.1 Å². The fraction of sp³-hybridized carbons (Fsp3) is 0.722. The van der Waals surface area contributed by atoms with Crippen molar-refractivity contribution in [3.63, 3.8) is 0 Å². The smallest absolute Gasteiger partial charge is 0.337 e. The van der Waals surface area contributed by atoms with Crippen LogP contribution in [0.4, 0.5) is 5.82 Å². The van der Waals surface area contributed by atoms with Crippen LogP contribution in [-0.4, -0.2) is 115 Å². The molecule has 3 fully saturated rings. The van der Waals surface area contributed by atoms with E-state index in [2.05, 4.69) is 15.0 Å². The first-order valence-corrected chi connectivity index (χ1v) is 18.5. The second-order valence-corrected chi connectivity index (χ2v) is 17.6. The van der Waals surface area contributed by atoms with Gasteiger partial charge in [0.05, 0.1) is 25.8 Å². The largest absolute Gasteiger partial charge is 0.382 e. The molecule has 4 heterocycles. The Balaban J connectivity index is 1.51. The van der Waals surface area contributed by atoms with Gasteiger partial charge in [-0.2, -0.15) is 0 Å². The van der Waals surface area contributed by atoms with Gasteiger partial charge in [0.15, 0.2) is 17.7 Å². The molecule has 4 unspecified atom stereocenters. The third kappa shape index (κ3) is 6.53. The third-order valence-electron chi connectivity index (χ3n) is 7.56. The number of anilines is 1. The molecule has 0 radical (unpaired) electrons. The maximum absolute atomic E-state index is 12.7. The molecule has 3 aliphatic rings. The van der Waals surface area contributed by atoms with Gasteiger partial charge in [-0.3, -0.25) is 48.6 Å². The minimum Gasteiger partial charge on any atom is -0.382 e. The van der Waals surface area contributed by atoms with Gasteiger partial charge in [0.2, 0.25) is 13.4 Å². The number of fused-ring (bicyclic) bond motifs is 2. The Morgan fingerprint density at radius 1 is 0.957 bits per heavy atom. The number of nitrogens with zero attached hydrogens (tertiary/aromatic N) is 7. The molecule has 2 aromatic rings. The molecule has 254 valence electrons. The Bertz CT molecular complexity index is 1690. The van der Waals surface area contributed by atoms with Gasteiger partial charge in [0.1, 0.15) is 42.0 Å². The summed E-state index contributed by atoms with van der Waals surface area (Å²) in [7, 11) is -15.1. The standard InChI is InChI=1S/C18H25N8O17P3/c19-15-12-16(21-4-20-15)23(5-22-12)17-14-13(9(41-17)3-40-46(38,39)7-44(33,34)6-45(35,36)37)42-18(43-14)10(25(29)30)1-8(24(27)28)2-11(18)26(31)32/h4-5,8-11,13-14,17H,1-3,6-7H2,(H,33,34)(H,38,39)(H2,19,20,21)(H2,35,36,37)/t8?,9-,10?,11?,13-,14-,17-,18?/m1/s1. The number of rotatable bonds is 11. The fourth-order valence-electron chi connectivity index (χ4n) is 5.80. The molecule has 1 spiro atoms. The normalized spacial score (nSPS) is 33.8. The summed E-state index contributed by atoms with van der Waals surface area (Å²) >= 11 is 0. The van der Waals surface area contributed by atoms with Crippen molar-refractivity contribution >= 4 is 39.5 Å². The predicted octanol–water partition coefficient (Wildman–Crippen LogP) is -0.919. The molecule has 6 N–H and O–H groups in total. The maximum atomic E-state index is 12.7. The molecule has 25 nitrogen and oxygen atoms in total. The van der Waals surface area contributed by atoms with Crippen LogP contribution in [0.3, 0.4) is 0 Å². The van der Waals surface area contributed by atoms with Gasteiger partial charge in [-0.15, -0.1) is 0 Å². The Morgan fingerprint density at radius 2 is 1.57 bits per heavy atom. The Labute approximate surface area is 254 Å². The highest BCUT2D eigenvalue weighted by Gasteiger charge is 2.75. The first-order chi connectivity index (χ1) is 21.2. The summed E-state index contributed by atoms with van der Waals surface area (Å²) in [5.41, 5.74) is 5.94. The van der Waals surface area contributed by atoms with Gasteiger partial charge in [-0.1, -0.05) is 0 Å². The van der Waals surface area contributed by atoms with E-state index in [-0.39, 0.29) is 17.0 Å². The zero-order valence-corrected chi connectivity index (χ0v) is 25.6. The fourth-order valence-corrected chi connectivity index (χ4v) is 12.2. The molecule has 0 bridgehead atoms. The number of nitrogen functional groups attached to an aromatic ring is 1. The average molecular weight is 718 g/mol. The number of ether oxygens (including phenoxy) is 3. The van der Waals surface area contributed by atoms with E-state index in [0.29, 0.717) is 0 Å². The van der Waals surface area contributed by atoms with Crippen molar-refractivity contribution < 1.29 is 66.8 Å². The summed E-state index contributed by atoms with van der Waals surface area (Å²) in [5, 5.41) is 35.9. The number of hydrogen-bond acceptors (Lipinski definition) is 17. The van der Waals surface area contributed by atoms with Crippen LogP contribution in [0.1, 0.15) is 19.1 Å². The molecular formula is C18H25N8O17P3. The second-order valence-electron chi connectivity index (χ2n) is 10.8. The monoisotopic (exact) mass is 718 g/mol. The zero-order valence-electron chi connectivity index (χ0n) is 22.9. The Kier molecular flexibility index (Phi) is 8.84. The maximum Gasteiger partial charge on any atom is 0.337 e. The van der Waals surface area contributed by atoms with E-state index < -0.39 is 117 Å². The topological polar surface area (TPSA) is 368 Å². The molecule has 1 saturated carbocycles. The molecule has 0 amide bonds. The Hall–Kier alpha value is -3.08. The minimum absolute atomic E-state index is 0.0302. The van der Waals surface area contributed by atoms with Gasteiger partial charge in [0.25, 0.3) is 12.1 Å². The number of aromatic nitrogens is 4. The lowest BCUT2D eigenvalue weighted by molar-refractivity contribution is -0.651. The summed E-state index contributed by atoms with van der Waals surface area (Å²) < 4.78 is 60.1. The van der Waals surface area contributed by atoms with E-state index in [4.69, 9.17) is 34.3 Å². The first-order valence-electron chi connectivity index (χ1n) is 12.9. The summed E-state index contributed by atoms with van der Waals surface area (Å²) in [6.07, 6.45) is -5.48. The van der Waals surface area contributed by atoms with Gasteiger partial charge in [-0.25, -0.2) is 15.0 Å². The molecule has 2 aromatic heterocycles. The predicted molar refractivity (Wildman–Crippen MR) is 145 cm³/mol. The Morgan fingerprint density at radius 3 is 2.13 bits per heavy atom. The third-order valence-corrected chi connectivity index (χ3v) is 14.6. The van der Waals surface area contributed by atoms with Crippen LogP contribution in [0.5, 0.6) is 0 Å². The van der Waals surface area contributed by atoms with Crippen molar-refractivity contribution in [1.29, 1.82) is 0 Å². The molecule has 46 heavy (non-hydrogen) atoms. The minimum atomic E-state index is -5.11. The summed E-state index contributed by atoms with van der Waals surface area (Å²) in [6, 6.07) is -5.99. The molecule has 8 atom stereocenters. The van der Waals surface area contributed by atoms with Crippen LogP contribution in [0.25, 0.3) is 11.2 Å². The molecule has 2 saturated heterocycles. The quantitative estimate of drug-likeness (QED) is 0.106. The van der Waals surface area contributed by atoms with E-state index in [1.807, 2.05) is 0 Å². The number of nitrogens with two attached hydrogens (primary N) is 1. The lowest BCUT2D eigenvalue weighted by Crippen LogP contribution is -2.65. The highest BCUT2D eigenvalue weighted by molar-refractivity contribution is 7.79. The zero-order chi connectivity index (χ0) is 34.0. The highest BCUT2D eigenvalue weighted by atomic mass is 31.3. The van der Waals surface area contributed by atoms with E-state index in [9.17, 15) is 53.8 Å². The van der Waals surface area contributed by atoms with Gasteiger partial charge < -0.3 is 44.0 Å². The van der Waals surface area contributed by atoms with E-state index in [1.165, 1.54) is 4.57 Å². The van der Waals surface area contributed by atoms with Crippen LogP contribution in [0.15, 0.2) is 12.7 Å². The summed E-state index contributed by atoms with van der Waals surface area (Å²) in [6.45, 7) is -0.978. The van der Waals surface area contributed by atoms with Crippen molar-refractivity contribution in [3.05, 3.63) is 43.0 Å². The molecule has 28 heteroatoms. The van der Waals surface area contributed by atoms with Crippen LogP contribution in [0, 0.1) is 30.3 Å². The van der Waals surface area contributed by atoms with Crippen molar-refractivity contribution in [2.45, 2.75) is 61.3 Å². The number of nitro groups is 3. The van der Waals surface area contributed by atoms with Crippen molar-refractivity contribution in [3.8, 4) is 0 Å². The molecule has 0 aromatic carbocycles. The molecular weight excluding hydrogens is 693 g/mol. The van der Waals surface area contributed by atoms with Crippen molar-refractivity contribution in [1.82, 2.24) is 19.5 Å². The highest BCUT2D eigenvalue weighted by Crippen LogP contribution is 2.63. The van der Waals surface area contributed by atoms with Gasteiger partial charge in [-0.05, 0) is 0 Å². The first kappa shape index (κ1) is 34.3. The van der Waals surface area contributed by atoms with Gasteiger partial charge >= 0.3 is 21.0 Å². The van der Waals surface area contributed by atoms with Crippen molar-refractivity contribution in [2.24, 2.45) is 0 Å². The second kappa shape index (κ2) is 11.9. The molecule has 5 rings (SSSR count). The van der Waals surface area contributed by atoms with E-state index in [0.717, 1.165) is 12.7 Å². The summed E-state index contributed by atoms with van der Waals surface area (Å²) in [5.74, 6) is -5.96. The molecule has 1 aliphatic carbocycles. The average Bonchev–Trinajstić information content (AvgIpc) is 3.58. The van der Waals surface area contributed by atoms with E-state index >= 15 is 0 Å². The van der Waals surface area contributed by atoms with Gasteiger partial charge in [0, 0.05) is 14.8 Å². The van der Waals surface area contributed by atoms with E-state index in [1.54, 1.807) is 0 Å². The number of imidazole rings is 1.